The highest BCUT2D eigenvalue weighted by atomic mass is 16.7. The van der Waals surface area contributed by atoms with Crippen LogP contribution in [0, 0.1) is 0 Å². The molecule has 0 saturated heterocycles. The zero-order valence-corrected chi connectivity index (χ0v) is 20.0. The summed E-state index contributed by atoms with van der Waals surface area (Å²) < 4.78 is 5.85. The molecule has 0 bridgehead atoms. The Bertz CT molecular complexity index is 1330. The maximum Gasteiger partial charge on any atom is 0.329 e. The molecule has 4 aromatic rings. The third-order valence-corrected chi connectivity index (χ3v) is 5.25. The summed E-state index contributed by atoms with van der Waals surface area (Å²) in [6, 6.07) is 27.9. The minimum atomic E-state index is -0.863. The summed E-state index contributed by atoms with van der Waals surface area (Å²) >= 11 is 0. The standard InChI is InChI=1S/C28H24N4O5/c1-19(33)37-32-27(35)25-29-17-23(28(31-25)36-18-20-11-5-2-6-12-20)26(34)30-24(21-13-7-3-8-14-21)22-15-9-4-10-16-22/h2-17,24H,18H2,1H3,(H,30,34)(H,32,35). The normalized spacial score (nSPS) is 10.4. The van der Waals surface area contributed by atoms with Gasteiger partial charge in [-0.2, -0.15) is 10.5 Å². The van der Waals surface area contributed by atoms with Gasteiger partial charge in [-0.25, -0.2) is 4.98 Å². The van der Waals surface area contributed by atoms with Crippen molar-refractivity contribution in [3.05, 3.63) is 125 Å². The van der Waals surface area contributed by atoms with Crippen molar-refractivity contribution in [1.82, 2.24) is 20.8 Å². The second kappa shape index (κ2) is 12.1. The number of rotatable bonds is 8. The second-order valence-electron chi connectivity index (χ2n) is 7.94. The molecule has 37 heavy (non-hydrogen) atoms. The van der Waals surface area contributed by atoms with Gasteiger partial charge >= 0.3 is 11.9 Å². The van der Waals surface area contributed by atoms with Crippen LogP contribution in [0.2, 0.25) is 0 Å². The summed E-state index contributed by atoms with van der Waals surface area (Å²) in [6.07, 6.45) is 1.21. The summed E-state index contributed by atoms with van der Waals surface area (Å²) in [4.78, 5) is 49.5. The predicted octanol–water partition coefficient (Wildman–Crippen LogP) is 3.78. The van der Waals surface area contributed by atoms with Crippen molar-refractivity contribution < 1.29 is 24.0 Å². The van der Waals surface area contributed by atoms with Crippen LogP contribution in [0.15, 0.2) is 97.2 Å². The zero-order valence-electron chi connectivity index (χ0n) is 20.0. The second-order valence-corrected chi connectivity index (χ2v) is 7.94. The lowest BCUT2D eigenvalue weighted by molar-refractivity contribution is -0.146. The van der Waals surface area contributed by atoms with E-state index in [0.717, 1.165) is 23.6 Å². The molecule has 1 aromatic heterocycles. The summed E-state index contributed by atoms with van der Waals surface area (Å²) in [5.41, 5.74) is 4.59. The molecule has 0 fully saturated rings. The molecule has 0 spiro atoms. The van der Waals surface area contributed by atoms with E-state index in [1.54, 1.807) is 0 Å². The van der Waals surface area contributed by atoms with E-state index in [9.17, 15) is 14.4 Å². The number of aromatic nitrogens is 2. The van der Waals surface area contributed by atoms with Crippen molar-refractivity contribution in [2.75, 3.05) is 0 Å². The molecular formula is C28H24N4O5. The first-order valence-electron chi connectivity index (χ1n) is 11.4. The van der Waals surface area contributed by atoms with Gasteiger partial charge in [-0.3, -0.25) is 14.4 Å². The lowest BCUT2D eigenvalue weighted by Gasteiger charge is -2.20. The fraction of sp³-hybridized carbons (Fsp3) is 0.107. The molecule has 2 amide bonds. The van der Waals surface area contributed by atoms with Crippen LogP contribution < -0.4 is 15.5 Å². The topological polar surface area (TPSA) is 120 Å². The molecule has 2 N–H and O–H groups in total. The number of benzene rings is 3. The molecule has 1 heterocycles. The van der Waals surface area contributed by atoms with Gasteiger partial charge in [-0.1, -0.05) is 91.0 Å². The van der Waals surface area contributed by atoms with Crippen LogP contribution in [-0.4, -0.2) is 27.8 Å². The number of carbonyl (C=O) groups is 3. The number of nitrogens with one attached hydrogen (secondary N) is 2. The van der Waals surface area contributed by atoms with Crippen molar-refractivity contribution in [2.24, 2.45) is 0 Å². The first-order chi connectivity index (χ1) is 18.0. The molecular weight excluding hydrogens is 472 g/mol. The van der Waals surface area contributed by atoms with Gasteiger partial charge in [-0.05, 0) is 16.7 Å². The lowest BCUT2D eigenvalue weighted by atomic mass is 9.98. The number of carbonyl (C=O) groups excluding carboxylic acids is 3. The highest BCUT2D eigenvalue weighted by Crippen LogP contribution is 2.24. The molecule has 4 rings (SSSR count). The van der Waals surface area contributed by atoms with Crippen LogP contribution in [0.1, 0.15) is 50.6 Å². The first-order valence-corrected chi connectivity index (χ1v) is 11.4. The quantitative estimate of drug-likeness (QED) is 0.356. The van der Waals surface area contributed by atoms with E-state index in [-0.39, 0.29) is 23.9 Å². The Kier molecular flexibility index (Phi) is 8.18. The number of hydrogen-bond acceptors (Lipinski definition) is 7. The van der Waals surface area contributed by atoms with Crippen LogP contribution in [-0.2, 0) is 16.2 Å². The Morgan fingerprint density at radius 3 is 1.95 bits per heavy atom. The van der Waals surface area contributed by atoms with Gasteiger partial charge in [0, 0.05) is 13.1 Å². The molecule has 9 heteroatoms. The highest BCUT2D eigenvalue weighted by molar-refractivity contribution is 5.97. The monoisotopic (exact) mass is 496 g/mol. The van der Waals surface area contributed by atoms with Crippen molar-refractivity contribution in [3.63, 3.8) is 0 Å². The Morgan fingerprint density at radius 2 is 1.38 bits per heavy atom. The number of nitrogens with zero attached hydrogens (tertiary/aromatic N) is 2. The average molecular weight is 497 g/mol. The molecule has 0 aliphatic carbocycles. The number of amides is 2. The fourth-order valence-electron chi connectivity index (χ4n) is 3.49. The summed E-state index contributed by atoms with van der Waals surface area (Å²) in [5.74, 6) is -2.49. The summed E-state index contributed by atoms with van der Waals surface area (Å²) in [7, 11) is 0. The smallest absolute Gasteiger partial charge is 0.329 e. The van der Waals surface area contributed by atoms with Gasteiger partial charge < -0.3 is 14.9 Å². The van der Waals surface area contributed by atoms with Gasteiger partial charge in [0.2, 0.25) is 11.7 Å². The number of ether oxygens (including phenoxy) is 1. The minimum Gasteiger partial charge on any atom is -0.472 e. The van der Waals surface area contributed by atoms with E-state index in [0.29, 0.717) is 0 Å². The summed E-state index contributed by atoms with van der Waals surface area (Å²) in [6.45, 7) is 1.24. The number of hydroxylamine groups is 1. The van der Waals surface area contributed by atoms with Crippen LogP contribution in [0.25, 0.3) is 0 Å². The zero-order chi connectivity index (χ0) is 26.0. The largest absolute Gasteiger partial charge is 0.472 e. The van der Waals surface area contributed by atoms with E-state index in [2.05, 4.69) is 20.1 Å². The van der Waals surface area contributed by atoms with E-state index >= 15 is 0 Å². The molecule has 0 radical (unpaired) electrons. The average Bonchev–Trinajstić information content (AvgIpc) is 2.94. The molecule has 0 atom stereocenters. The maximum atomic E-state index is 13.5. The molecule has 0 aliphatic rings. The Balaban J connectivity index is 1.64. The van der Waals surface area contributed by atoms with E-state index in [1.807, 2.05) is 96.5 Å². The molecule has 0 unspecified atom stereocenters. The van der Waals surface area contributed by atoms with Crippen LogP contribution >= 0.6 is 0 Å². The van der Waals surface area contributed by atoms with Crippen molar-refractivity contribution in [3.8, 4) is 5.88 Å². The van der Waals surface area contributed by atoms with Crippen LogP contribution in [0.4, 0.5) is 0 Å². The first kappa shape index (κ1) is 25.1. The SMILES string of the molecule is CC(=O)ONC(=O)c1ncc(C(=O)NC(c2ccccc2)c2ccccc2)c(OCc2ccccc2)n1. The van der Waals surface area contributed by atoms with Gasteiger partial charge in [0.05, 0.1) is 6.04 Å². The molecule has 9 nitrogen and oxygen atoms in total. The maximum absolute atomic E-state index is 13.5. The van der Waals surface area contributed by atoms with Gasteiger partial charge in [0.1, 0.15) is 12.2 Å². The van der Waals surface area contributed by atoms with Crippen molar-refractivity contribution in [2.45, 2.75) is 19.6 Å². The fourth-order valence-corrected chi connectivity index (χ4v) is 3.49. The van der Waals surface area contributed by atoms with Crippen molar-refractivity contribution in [1.29, 1.82) is 0 Å². The van der Waals surface area contributed by atoms with Gasteiger partial charge in [0.25, 0.3) is 5.91 Å². The number of hydrogen-bond donors (Lipinski definition) is 2. The third-order valence-electron chi connectivity index (χ3n) is 5.25. The minimum absolute atomic E-state index is 0.0387. The van der Waals surface area contributed by atoms with E-state index in [1.165, 1.54) is 6.20 Å². The molecule has 3 aromatic carbocycles. The van der Waals surface area contributed by atoms with Crippen LogP contribution in [0.3, 0.4) is 0 Å². The van der Waals surface area contributed by atoms with E-state index in [4.69, 9.17) is 4.74 Å². The van der Waals surface area contributed by atoms with E-state index < -0.39 is 23.8 Å². The van der Waals surface area contributed by atoms with Gasteiger partial charge in [0.15, 0.2) is 0 Å². The molecule has 186 valence electrons. The molecule has 0 saturated carbocycles. The predicted molar refractivity (Wildman–Crippen MR) is 134 cm³/mol. The van der Waals surface area contributed by atoms with Gasteiger partial charge in [-0.15, -0.1) is 0 Å². The highest BCUT2D eigenvalue weighted by Gasteiger charge is 2.23. The van der Waals surface area contributed by atoms with Crippen LogP contribution in [0.5, 0.6) is 5.88 Å². The van der Waals surface area contributed by atoms with Crippen molar-refractivity contribution >= 4 is 17.8 Å². The Hall–Kier alpha value is -5.05. The summed E-state index contributed by atoms with van der Waals surface area (Å²) in [5, 5.41) is 3.02. The lowest BCUT2D eigenvalue weighted by Crippen LogP contribution is -2.31. The molecule has 0 aliphatic heterocycles. The Labute approximate surface area is 213 Å². The Morgan fingerprint density at radius 1 is 0.811 bits per heavy atom. The third kappa shape index (κ3) is 6.76.